The Morgan fingerprint density at radius 3 is 2.59 bits per heavy atom. The Bertz CT molecular complexity index is 1460. The smallest absolute Gasteiger partial charge is 0.416 e. The molecule has 0 N–H and O–H groups in total. The first-order valence-electron chi connectivity index (χ1n) is 11.8. The van der Waals surface area contributed by atoms with Crippen molar-refractivity contribution in [3.63, 3.8) is 0 Å². The van der Waals surface area contributed by atoms with Gasteiger partial charge in [0.05, 0.1) is 22.8 Å². The largest absolute Gasteiger partial charge is 0.454 e. The number of rotatable bonds is 1. The Labute approximate surface area is 212 Å². The molecule has 9 heteroatoms. The number of halogens is 3. The standard InChI is InChI=1S/C28H23F3N4O2/c1-17-6-8-24-22(12-17)26(33-23-14-21(28(29,30)31)7-9-25(23)37-24)34-10-11-35(18(2)16-34)27(36)20-5-3-4-19(13-20)15-32/h3-9,12-14,18H,10-11,16H2,1-2H3. The van der Waals surface area contributed by atoms with Crippen molar-refractivity contribution in [3.05, 3.63) is 88.5 Å². The van der Waals surface area contributed by atoms with Gasteiger partial charge in [-0.15, -0.1) is 0 Å². The monoisotopic (exact) mass is 504 g/mol. The Morgan fingerprint density at radius 2 is 1.86 bits per heavy atom. The number of nitrogens with zero attached hydrogens (tertiary/aromatic N) is 4. The minimum atomic E-state index is -4.51. The third-order valence-electron chi connectivity index (χ3n) is 6.54. The Morgan fingerprint density at radius 1 is 1.08 bits per heavy atom. The first-order chi connectivity index (χ1) is 17.6. The zero-order valence-corrected chi connectivity index (χ0v) is 20.2. The summed E-state index contributed by atoms with van der Waals surface area (Å²) in [4.78, 5) is 21.6. The highest BCUT2D eigenvalue weighted by molar-refractivity contribution is 6.04. The number of benzene rings is 3. The van der Waals surface area contributed by atoms with Crippen LogP contribution in [0.1, 0.15) is 39.5 Å². The van der Waals surface area contributed by atoms with E-state index < -0.39 is 11.7 Å². The van der Waals surface area contributed by atoms with Gasteiger partial charge in [-0.25, -0.2) is 4.99 Å². The van der Waals surface area contributed by atoms with Gasteiger partial charge in [-0.2, -0.15) is 18.4 Å². The van der Waals surface area contributed by atoms with Crippen LogP contribution in [0.4, 0.5) is 18.9 Å². The molecule has 1 amide bonds. The number of amides is 1. The number of carbonyl (C=O) groups excluding carboxylic acids is 1. The third-order valence-corrected chi connectivity index (χ3v) is 6.54. The second kappa shape index (κ2) is 9.28. The van der Waals surface area contributed by atoms with E-state index >= 15 is 0 Å². The molecule has 0 bridgehead atoms. The highest BCUT2D eigenvalue weighted by Crippen LogP contribution is 2.42. The summed E-state index contributed by atoms with van der Waals surface area (Å²) in [5.41, 5.74) is 1.78. The molecule has 0 saturated carbocycles. The summed E-state index contributed by atoms with van der Waals surface area (Å²) in [5, 5.41) is 9.17. The minimum Gasteiger partial charge on any atom is -0.454 e. The van der Waals surface area contributed by atoms with Crippen molar-refractivity contribution < 1.29 is 22.7 Å². The summed E-state index contributed by atoms with van der Waals surface area (Å²) >= 11 is 0. The van der Waals surface area contributed by atoms with Crippen LogP contribution in [0.5, 0.6) is 11.5 Å². The topological polar surface area (TPSA) is 68.9 Å². The van der Waals surface area contributed by atoms with E-state index in [0.29, 0.717) is 47.9 Å². The van der Waals surface area contributed by atoms with Crippen LogP contribution in [0.25, 0.3) is 0 Å². The maximum atomic E-state index is 13.4. The maximum Gasteiger partial charge on any atom is 0.416 e. The summed E-state index contributed by atoms with van der Waals surface area (Å²) in [7, 11) is 0. The van der Waals surface area contributed by atoms with E-state index in [1.54, 1.807) is 35.2 Å². The summed E-state index contributed by atoms with van der Waals surface area (Å²) in [5.74, 6) is 1.07. The van der Waals surface area contributed by atoms with Gasteiger partial charge in [-0.3, -0.25) is 4.79 Å². The average Bonchev–Trinajstić information content (AvgIpc) is 3.04. The minimum absolute atomic E-state index is 0.0955. The highest BCUT2D eigenvalue weighted by Gasteiger charge is 2.34. The molecule has 188 valence electrons. The first-order valence-corrected chi connectivity index (χ1v) is 11.8. The van der Waals surface area contributed by atoms with Crippen LogP contribution in [0.2, 0.25) is 0 Å². The van der Waals surface area contributed by atoms with Crippen molar-refractivity contribution in [2.24, 2.45) is 4.99 Å². The van der Waals surface area contributed by atoms with E-state index in [1.807, 2.05) is 30.9 Å². The van der Waals surface area contributed by atoms with Gasteiger partial charge in [-0.05, 0) is 62.4 Å². The zero-order valence-electron chi connectivity index (χ0n) is 20.2. The van der Waals surface area contributed by atoms with Gasteiger partial charge >= 0.3 is 6.18 Å². The number of aliphatic imine (C=N–C) groups is 1. The molecule has 1 unspecified atom stereocenters. The van der Waals surface area contributed by atoms with Gasteiger partial charge in [0.2, 0.25) is 0 Å². The van der Waals surface area contributed by atoms with Gasteiger partial charge in [0, 0.05) is 31.2 Å². The predicted molar refractivity (Wildman–Crippen MR) is 132 cm³/mol. The number of fused-ring (bicyclic) bond motifs is 2. The van der Waals surface area contributed by atoms with Gasteiger partial charge in [-0.1, -0.05) is 17.7 Å². The molecular weight excluding hydrogens is 481 g/mol. The fourth-order valence-corrected chi connectivity index (χ4v) is 4.65. The number of ether oxygens (including phenoxy) is 1. The quantitative estimate of drug-likeness (QED) is 0.413. The molecular formula is C28H23F3N4O2. The number of piperazine rings is 1. The lowest BCUT2D eigenvalue weighted by Crippen LogP contribution is -2.55. The van der Waals surface area contributed by atoms with Crippen molar-refractivity contribution >= 4 is 17.4 Å². The summed E-state index contributed by atoms with van der Waals surface area (Å²) in [6.07, 6.45) is -4.51. The molecule has 1 atom stereocenters. The van der Waals surface area contributed by atoms with Crippen LogP contribution in [0, 0.1) is 18.3 Å². The summed E-state index contributed by atoms with van der Waals surface area (Å²) in [6.45, 7) is 5.07. The lowest BCUT2D eigenvalue weighted by atomic mass is 10.1. The predicted octanol–water partition coefficient (Wildman–Crippen LogP) is 5.92. The summed E-state index contributed by atoms with van der Waals surface area (Å²) < 4.78 is 46.3. The van der Waals surface area contributed by atoms with E-state index in [0.717, 1.165) is 17.7 Å². The normalized spacial score (nSPS) is 17.1. The van der Waals surface area contributed by atoms with Gasteiger partial charge in [0.15, 0.2) is 5.75 Å². The van der Waals surface area contributed by atoms with Gasteiger partial charge < -0.3 is 14.5 Å². The molecule has 0 aromatic heterocycles. The van der Waals surface area contributed by atoms with Gasteiger partial charge in [0.25, 0.3) is 5.91 Å². The van der Waals surface area contributed by atoms with Crippen molar-refractivity contribution in [3.8, 4) is 17.6 Å². The Balaban J connectivity index is 1.49. The second-order valence-electron chi connectivity index (χ2n) is 9.20. The van der Waals surface area contributed by atoms with Crippen molar-refractivity contribution in [2.45, 2.75) is 26.1 Å². The SMILES string of the molecule is Cc1ccc2c(c1)C(N1CCN(C(=O)c3cccc(C#N)c3)C(C)C1)=Nc1cc(C(F)(F)F)ccc1O2. The number of nitriles is 1. The average molecular weight is 505 g/mol. The molecule has 3 aromatic carbocycles. The fourth-order valence-electron chi connectivity index (χ4n) is 4.65. The van der Waals surface area contributed by atoms with Crippen LogP contribution in [-0.4, -0.2) is 47.2 Å². The number of alkyl halides is 3. The van der Waals surface area contributed by atoms with Gasteiger partial charge in [0.1, 0.15) is 17.3 Å². The van der Waals surface area contributed by atoms with Crippen molar-refractivity contribution in [2.75, 3.05) is 19.6 Å². The van der Waals surface area contributed by atoms with E-state index in [2.05, 4.69) is 11.1 Å². The molecule has 1 fully saturated rings. The zero-order chi connectivity index (χ0) is 26.3. The molecule has 37 heavy (non-hydrogen) atoms. The molecule has 2 aliphatic heterocycles. The molecule has 0 spiro atoms. The third kappa shape index (κ3) is 4.75. The number of carbonyl (C=O) groups is 1. The number of aryl methyl sites for hydroxylation is 1. The molecule has 0 radical (unpaired) electrons. The lowest BCUT2D eigenvalue weighted by Gasteiger charge is -2.41. The fraction of sp³-hybridized carbons (Fsp3) is 0.250. The Hall–Kier alpha value is -4.32. The lowest BCUT2D eigenvalue weighted by molar-refractivity contribution is -0.137. The Kier molecular flexibility index (Phi) is 6.12. The van der Waals surface area contributed by atoms with Crippen LogP contribution in [0.3, 0.4) is 0 Å². The molecule has 5 rings (SSSR count). The van der Waals surface area contributed by atoms with Crippen LogP contribution in [0.15, 0.2) is 65.7 Å². The number of hydrogen-bond acceptors (Lipinski definition) is 5. The second-order valence-corrected chi connectivity index (χ2v) is 9.20. The van der Waals surface area contributed by atoms with Crippen LogP contribution < -0.4 is 4.74 Å². The molecule has 6 nitrogen and oxygen atoms in total. The highest BCUT2D eigenvalue weighted by atomic mass is 19.4. The van der Waals surface area contributed by atoms with Crippen molar-refractivity contribution in [1.82, 2.24) is 9.80 Å². The van der Waals surface area contributed by atoms with Crippen LogP contribution >= 0.6 is 0 Å². The molecule has 3 aromatic rings. The van der Waals surface area contributed by atoms with E-state index in [1.165, 1.54) is 6.07 Å². The molecule has 2 heterocycles. The van der Waals surface area contributed by atoms with E-state index in [4.69, 9.17) is 4.74 Å². The van der Waals surface area contributed by atoms with Crippen LogP contribution in [-0.2, 0) is 6.18 Å². The van der Waals surface area contributed by atoms with Crippen molar-refractivity contribution in [1.29, 1.82) is 5.26 Å². The molecule has 1 saturated heterocycles. The summed E-state index contributed by atoms with van der Waals surface area (Å²) in [6, 6.07) is 17.3. The maximum absolute atomic E-state index is 13.4. The first kappa shape index (κ1) is 24.4. The molecule has 0 aliphatic carbocycles. The van der Waals surface area contributed by atoms with E-state index in [-0.39, 0.29) is 23.4 Å². The van der Waals surface area contributed by atoms with E-state index in [9.17, 15) is 23.2 Å². The number of amidine groups is 1. The number of hydrogen-bond donors (Lipinski definition) is 0. The molecule has 2 aliphatic rings.